The van der Waals surface area contributed by atoms with Crippen LogP contribution in [0.5, 0.6) is 5.75 Å². The number of aryl methyl sites for hydroxylation is 1. The van der Waals surface area contributed by atoms with E-state index in [9.17, 15) is 9.59 Å². The summed E-state index contributed by atoms with van der Waals surface area (Å²) >= 11 is 0. The van der Waals surface area contributed by atoms with Crippen molar-refractivity contribution in [2.45, 2.75) is 45.6 Å². The SMILES string of the molecule is CCCCCOc1ccc(C2c3c(oc4ccc(C)cc4c3=O)C(=O)N2CCCN(C)C)cc1. The van der Waals surface area contributed by atoms with E-state index in [0.717, 1.165) is 49.1 Å². The van der Waals surface area contributed by atoms with Gasteiger partial charge in [-0.2, -0.15) is 0 Å². The normalized spacial score (nSPS) is 15.4. The molecule has 1 unspecified atom stereocenters. The lowest BCUT2D eigenvalue weighted by atomic mass is 9.98. The molecule has 1 aliphatic heterocycles. The molecular formula is C28H34N2O4. The van der Waals surface area contributed by atoms with Crippen LogP contribution >= 0.6 is 0 Å². The Hall–Kier alpha value is -3.12. The Morgan fingerprint density at radius 3 is 2.50 bits per heavy atom. The summed E-state index contributed by atoms with van der Waals surface area (Å²) in [5.41, 5.74) is 2.62. The van der Waals surface area contributed by atoms with Crippen LogP contribution in [-0.4, -0.2) is 49.5 Å². The maximum absolute atomic E-state index is 13.6. The highest BCUT2D eigenvalue weighted by molar-refractivity contribution is 5.99. The lowest BCUT2D eigenvalue weighted by Gasteiger charge is -2.26. The van der Waals surface area contributed by atoms with Gasteiger partial charge in [-0.25, -0.2) is 0 Å². The number of benzene rings is 2. The molecule has 0 saturated carbocycles. The molecule has 6 heteroatoms. The number of carbonyl (C=O) groups is 1. The topological polar surface area (TPSA) is 63.0 Å². The summed E-state index contributed by atoms with van der Waals surface area (Å²) in [6.07, 6.45) is 4.12. The predicted octanol–water partition coefficient (Wildman–Crippen LogP) is 5.17. The Kier molecular flexibility index (Phi) is 7.37. The number of hydrogen-bond donors (Lipinski definition) is 0. The van der Waals surface area contributed by atoms with E-state index >= 15 is 0 Å². The molecule has 1 atom stereocenters. The zero-order valence-corrected chi connectivity index (χ0v) is 20.6. The number of amides is 1. The van der Waals surface area contributed by atoms with Crippen LogP contribution in [0.1, 0.15) is 65.9 Å². The number of hydrogen-bond acceptors (Lipinski definition) is 5. The lowest BCUT2D eigenvalue weighted by molar-refractivity contribution is 0.0722. The van der Waals surface area contributed by atoms with Crippen molar-refractivity contribution in [3.63, 3.8) is 0 Å². The second-order valence-electron chi connectivity index (χ2n) is 9.36. The summed E-state index contributed by atoms with van der Waals surface area (Å²) in [5.74, 6) is 0.735. The van der Waals surface area contributed by atoms with Gasteiger partial charge in [-0.3, -0.25) is 9.59 Å². The molecule has 180 valence electrons. The van der Waals surface area contributed by atoms with Gasteiger partial charge in [0.15, 0.2) is 5.43 Å². The minimum absolute atomic E-state index is 0.131. The predicted molar refractivity (Wildman–Crippen MR) is 135 cm³/mol. The van der Waals surface area contributed by atoms with Gasteiger partial charge in [0.05, 0.1) is 23.6 Å². The van der Waals surface area contributed by atoms with E-state index in [2.05, 4.69) is 11.8 Å². The highest BCUT2D eigenvalue weighted by Gasteiger charge is 2.42. The van der Waals surface area contributed by atoms with Gasteiger partial charge < -0.3 is 19.0 Å². The van der Waals surface area contributed by atoms with E-state index in [1.165, 1.54) is 0 Å². The zero-order chi connectivity index (χ0) is 24.2. The smallest absolute Gasteiger partial charge is 0.290 e. The fourth-order valence-corrected chi connectivity index (χ4v) is 4.56. The van der Waals surface area contributed by atoms with E-state index in [1.54, 1.807) is 11.0 Å². The quantitative estimate of drug-likeness (QED) is 0.389. The molecule has 3 aromatic rings. The minimum atomic E-state index is -0.472. The third kappa shape index (κ3) is 4.87. The van der Waals surface area contributed by atoms with E-state index in [-0.39, 0.29) is 17.1 Å². The van der Waals surface area contributed by atoms with Crippen molar-refractivity contribution < 1.29 is 13.9 Å². The summed E-state index contributed by atoms with van der Waals surface area (Å²) in [6.45, 7) is 6.18. The molecule has 4 rings (SSSR count). The van der Waals surface area contributed by atoms with Gasteiger partial charge in [-0.05, 0) is 70.2 Å². The highest BCUT2D eigenvalue weighted by atomic mass is 16.5. The first-order chi connectivity index (χ1) is 16.4. The van der Waals surface area contributed by atoms with Crippen molar-refractivity contribution in [3.05, 3.63) is 75.1 Å². The third-order valence-corrected chi connectivity index (χ3v) is 6.34. The Morgan fingerprint density at radius 1 is 1.03 bits per heavy atom. The molecular weight excluding hydrogens is 428 g/mol. The van der Waals surface area contributed by atoms with Crippen molar-refractivity contribution in [2.24, 2.45) is 0 Å². The minimum Gasteiger partial charge on any atom is -0.494 e. The van der Waals surface area contributed by atoms with Crippen molar-refractivity contribution in [1.82, 2.24) is 9.80 Å². The fraction of sp³-hybridized carbons (Fsp3) is 0.429. The molecule has 0 N–H and O–H groups in total. The van der Waals surface area contributed by atoms with E-state index < -0.39 is 6.04 Å². The van der Waals surface area contributed by atoms with Crippen LogP contribution < -0.4 is 10.2 Å². The first-order valence-electron chi connectivity index (χ1n) is 12.2. The van der Waals surface area contributed by atoms with Gasteiger partial charge in [0.25, 0.3) is 5.91 Å². The summed E-state index contributed by atoms with van der Waals surface area (Å²) < 4.78 is 11.9. The molecule has 34 heavy (non-hydrogen) atoms. The molecule has 6 nitrogen and oxygen atoms in total. The maximum atomic E-state index is 13.6. The number of rotatable bonds is 10. The van der Waals surface area contributed by atoms with Crippen LogP contribution in [0.4, 0.5) is 0 Å². The van der Waals surface area contributed by atoms with E-state index in [4.69, 9.17) is 9.15 Å². The summed E-state index contributed by atoms with van der Waals surface area (Å²) in [4.78, 5) is 30.9. The summed E-state index contributed by atoms with van der Waals surface area (Å²) in [6, 6.07) is 12.8. The summed E-state index contributed by atoms with van der Waals surface area (Å²) in [7, 11) is 4.02. The number of nitrogens with zero attached hydrogens (tertiary/aromatic N) is 2. The van der Waals surface area contributed by atoms with Gasteiger partial charge >= 0.3 is 0 Å². The first-order valence-corrected chi connectivity index (χ1v) is 12.2. The molecule has 0 aliphatic carbocycles. The summed E-state index contributed by atoms with van der Waals surface area (Å²) in [5, 5.41) is 0.516. The molecule has 0 saturated heterocycles. The van der Waals surface area contributed by atoms with Crippen molar-refractivity contribution >= 4 is 16.9 Å². The Balaban J connectivity index is 1.72. The van der Waals surface area contributed by atoms with E-state index in [0.29, 0.717) is 29.7 Å². The van der Waals surface area contributed by atoms with Crippen molar-refractivity contribution in [3.8, 4) is 5.75 Å². The average molecular weight is 463 g/mol. The van der Waals surface area contributed by atoms with Crippen LogP contribution in [0.15, 0.2) is 51.7 Å². The van der Waals surface area contributed by atoms with Gasteiger partial charge in [0.1, 0.15) is 11.3 Å². The van der Waals surface area contributed by atoms with Crippen LogP contribution in [0.25, 0.3) is 11.0 Å². The van der Waals surface area contributed by atoms with Gasteiger partial charge in [-0.1, -0.05) is 43.5 Å². The van der Waals surface area contributed by atoms with Crippen LogP contribution in [0.3, 0.4) is 0 Å². The second kappa shape index (κ2) is 10.4. The third-order valence-electron chi connectivity index (χ3n) is 6.34. The monoisotopic (exact) mass is 462 g/mol. The molecule has 0 fully saturated rings. The number of carbonyl (C=O) groups excluding carboxylic acids is 1. The molecule has 2 heterocycles. The van der Waals surface area contributed by atoms with Crippen molar-refractivity contribution in [2.75, 3.05) is 33.8 Å². The molecule has 0 spiro atoms. The van der Waals surface area contributed by atoms with Crippen LogP contribution in [0.2, 0.25) is 0 Å². The number of unbranched alkanes of at least 4 members (excludes halogenated alkanes) is 2. The molecule has 1 amide bonds. The van der Waals surface area contributed by atoms with Gasteiger partial charge in [0.2, 0.25) is 5.76 Å². The average Bonchev–Trinajstić information content (AvgIpc) is 3.09. The Labute approximate surface area is 201 Å². The second-order valence-corrected chi connectivity index (χ2v) is 9.36. The number of ether oxygens (including phenoxy) is 1. The standard InChI is InChI=1S/C28H34N2O4/c1-5-6-7-17-33-21-12-10-20(11-13-21)25-24-26(31)22-18-19(2)9-14-23(22)34-27(24)28(32)30(25)16-8-15-29(3)4/h9-14,18,25H,5-8,15-17H2,1-4H3. The molecule has 1 aromatic heterocycles. The molecule has 1 aliphatic rings. The molecule has 0 bridgehead atoms. The lowest BCUT2D eigenvalue weighted by Crippen LogP contribution is -2.32. The number of fused-ring (bicyclic) bond motifs is 2. The Morgan fingerprint density at radius 2 is 1.79 bits per heavy atom. The highest BCUT2D eigenvalue weighted by Crippen LogP contribution is 2.38. The van der Waals surface area contributed by atoms with Gasteiger partial charge in [0, 0.05) is 6.54 Å². The van der Waals surface area contributed by atoms with Crippen LogP contribution in [0, 0.1) is 6.92 Å². The Bertz CT molecular complexity index is 1210. The largest absolute Gasteiger partial charge is 0.494 e. The molecule has 2 aromatic carbocycles. The fourth-order valence-electron chi connectivity index (χ4n) is 4.56. The van der Waals surface area contributed by atoms with Gasteiger partial charge in [-0.15, -0.1) is 0 Å². The first kappa shape index (κ1) is 24.0. The van der Waals surface area contributed by atoms with E-state index in [1.807, 2.05) is 57.4 Å². The molecule has 0 radical (unpaired) electrons. The van der Waals surface area contributed by atoms with Crippen LogP contribution in [-0.2, 0) is 0 Å². The maximum Gasteiger partial charge on any atom is 0.290 e. The zero-order valence-electron chi connectivity index (χ0n) is 20.6. The van der Waals surface area contributed by atoms with Crippen molar-refractivity contribution in [1.29, 1.82) is 0 Å².